The number of nitrogens with zero attached hydrogens (tertiary/aromatic N) is 2. The number of thiocarbonyl (C=S) groups is 2. The maximum Gasteiger partial charge on any atom is 0.371 e. The van der Waals surface area contributed by atoms with E-state index in [9.17, 15) is 0 Å². The largest absolute Gasteiger partial charge is 0.371 e. The van der Waals surface area contributed by atoms with E-state index >= 15 is 0 Å². The Morgan fingerprint density at radius 3 is 1.32 bits per heavy atom. The molecule has 47 heavy (non-hydrogen) atoms. The highest BCUT2D eigenvalue weighted by Gasteiger charge is 2.58. The topological polar surface area (TPSA) is 15.4 Å². The van der Waals surface area contributed by atoms with Crippen LogP contribution in [0.15, 0.2) is 109 Å². The van der Waals surface area contributed by atoms with Crippen LogP contribution in [0.3, 0.4) is 0 Å². The Balaban J connectivity index is 1.05. The molecule has 0 saturated carbocycles. The van der Waals surface area contributed by atoms with Crippen LogP contribution in [0.5, 0.6) is 0 Å². The minimum atomic E-state index is -0.346. The molecule has 8 aromatic rings. The van der Waals surface area contributed by atoms with E-state index in [4.69, 9.17) is 24.4 Å². The van der Waals surface area contributed by atoms with Crippen molar-refractivity contribution in [1.29, 1.82) is 0 Å². The van der Waals surface area contributed by atoms with Crippen LogP contribution in [0.4, 0.5) is 0 Å². The summed E-state index contributed by atoms with van der Waals surface area (Å²) in [5.41, 5.74) is 2.65. The first-order valence-electron chi connectivity index (χ1n) is 16.4. The molecule has 226 valence electrons. The fraction of sp³-hybridized carbons (Fsp3) is 0.125. The van der Waals surface area contributed by atoms with Gasteiger partial charge in [0.2, 0.25) is 0 Å². The van der Waals surface area contributed by atoms with Crippen molar-refractivity contribution < 1.29 is 9.80 Å². The maximum atomic E-state index is 6.36. The first kappa shape index (κ1) is 26.8. The predicted octanol–water partition coefficient (Wildman–Crippen LogP) is 6.74. The van der Waals surface area contributed by atoms with Crippen molar-refractivity contribution in [1.82, 2.24) is 8.61 Å². The summed E-state index contributed by atoms with van der Waals surface area (Å²) in [7, 11) is -0.346. The van der Waals surface area contributed by atoms with Gasteiger partial charge in [0.15, 0.2) is 0 Å². The zero-order chi connectivity index (χ0) is 31.0. The van der Waals surface area contributed by atoms with E-state index in [2.05, 4.69) is 118 Å². The van der Waals surface area contributed by atoms with Crippen LogP contribution < -0.4 is 9.80 Å². The molecule has 0 aromatic heterocycles. The molecule has 1 saturated heterocycles. The summed E-state index contributed by atoms with van der Waals surface area (Å²) < 4.78 is 5.04. The third-order valence-electron chi connectivity index (χ3n) is 10.8. The van der Waals surface area contributed by atoms with Crippen molar-refractivity contribution >= 4 is 115 Å². The Labute approximate surface area is 285 Å². The van der Waals surface area contributed by atoms with E-state index < -0.39 is 0 Å². The molecule has 1 fully saturated rings. The van der Waals surface area contributed by atoms with E-state index in [-0.39, 0.29) is 10.9 Å². The summed E-state index contributed by atoms with van der Waals surface area (Å²) in [5.74, 6) is 0. The second-order valence-electron chi connectivity index (χ2n) is 13.2. The van der Waals surface area contributed by atoms with E-state index in [1.54, 1.807) is 0 Å². The van der Waals surface area contributed by atoms with Crippen molar-refractivity contribution in [2.45, 2.75) is 19.5 Å². The van der Waals surface area contributed by atoms with Gasteiger partial charge in [-0.25, -0.2) is 8.61 Å². The minimum Gasteiger partial charge on any atom is -0.236 e. The monoisotopic (exact) mass is 662 g/mol. The summed E-state index contributed by atoms with van der Waals surface area (Å²) in [6, 6.07) is 40.8. The van der Waals surface area contributed by atoms with Gasteiger partial charge in [0.05, 0.1) is 26.2 Å². The molecule has 2 unspecified atom stereocenters. The van der Waals surface area contributed by atoms with Crippen molar-refractivity contribution in [3.05, 3.63) is 120 Å². The Morgan fingerprint density at radius 2 is 0.872 bits per heavy atom. The van der Waals surface area contributed by atoms with Gasteiger partial charge in [0, 0.05) is 30.9 Å². The van der Waals surface area contributed by atoms with Crippen molar-refractivity contribution in [3.63, 3.8) is 0 Å². The fourth-order valence-corrected chi connectivity index (χ4v) is 12.4. The number of benzene rings is 8. The van der Waals surface area contributed by atoms with E-state index in [1.165, 1.54) is 90.7 Å². The quantitative estimate of drug-likeness (QED) is 0.160. The van der Waals surface area contributed by atoms with Gasteiger partial charge in [-0.2, -0.15) is 9.80 Å². The molecular formula is C40H30N4S3+2. The van der Waals surface area contributed by atoms with Crippen molar-refractivity contribution in [2.75, 3.05) is 13.1 Å². The molecule has 3 aliphatic heterocycles. The molecule has 4 nitrogen and oxygen atoms in total. The molecule has 2 N–H and O–H groups in total. The third kappa shape index (κ3) is 3.58. The number of hydrogen-bond donors (Lipinski definition) is 2. The first-order chi connectivity index (χ1) is 23.1. The van der Waals surface area contributed by atoms with Crippen LogP contribution >= 0.6 is 35.3 Å². The van der Waals surface area contributed by atoms with E-state index in [0.717, 1.165) is 42.8 Å². The Hall–Kier alpha value is -4.24. The first-order valence-corrected chi connectivity index (χ1v) is 18.4. The van der Waals surface area contributed by atoms with Gasteiger partial charge in [-0.3, -0.25) is 0 Å². The lowest BCUT2D eigenvalue weighted by Crippen LogP contribution is -3.37. The van der Waals surface area contributed by atoms with Gasteiger partial charge in [0.25, 0.3) is 10.2 Å². The van der Waals surface area contributed by atoms with Gasteiger partial charge >= 0.3 is 5.11 Å². The molecule has 0 bridgehead atoms. The van der Waals surface area contributed by atoms with Crippen LogP contribution in [0.25, 0.3) is 64.6 Å². The number of quaternary nitrogens is 2. The zero-order valence-corrected chi connectivity index (χ0v) is 28.0. The van der Waals surface area contributed by atoms with Gasteiger partial charge < -0.3 is 0 Å². The summed E-state index contributed by atoms with van der Waals surface area (Å²) in [4.78, 5) is 2.73. The molecular weight excluding hydrogens is 633 g/mol. The van der Waals surface area contributed by atoms with Crippen LogP contribution in [0, 0.1) is 0 Å². The number of nitrogens with one attached hydrogen (secondary N) is 2. The molecule has 0 amide bonds. The zero-order valence-electron chi connectivity index (χ0n) is 25.5. The summed E-state index contributed by atoms with van der Waals surface area (Å²) in [6.07, 6.45) is 1.12. The molecule has 3 heterocycles. The van der Waals surface area contributed by atoms with Crippen LogP contribution in [0.1, 0.15) is 17.5 Å². The van der Waals surface area contributed by atoms with Gasteiger partial charge in [-0.05, 0) is 75.8 Å². The second-order valence-corrected chi connectivity index (χ2v) is 15.8. The van der Waals surface area contributed by atoms with Gasteiger partial charge in [0.1, 0.15) is 10.9 Å². The summed E-state index contributed by atoms with van der Waals surface area (Å²) in [6.45, 7) is 3.64. The number of rotatable bonds is 4. The van der Waals surface area contributed by atoms with Gasteiger partial charge in [-0.1, -0.05) is 109 Å². The lowest BCUT2D eigenvalue weighted by atomic mass is 9.92. The normalized spacial score (nSPS) is 21.3. The molecule has 3 aliphatic rings. The Bertz CT molecular complexity index is 2480. The van der Waals surface area contributed by atoms with Crippen molar-refractivity contribution in [3.8, 4) is 0 Å². The standard InChI is InChI=1S/C40H28N4S3/c45-38-41-20-3-21-42-39(46)44(23-31-15-13-29-11-9-25-5-2-7-27-17-19-33(31)37(29)35(25)27)47(40(41)42)43(38)22-30-14-12-28-10-8-24-4-1-6-26-16-18-32(30)36(28)34(24)26/h1-2,4-19H,3,20-23H2/p+2. The van der Waals surface area contributed by atoms with Crippen molar-refractivity contribution in [2.24, 2.45) is 0 Å². The molecule has 0 radical (unpaired) electrons. The van der Waals surface area contributed by atoms with Crippen LogP contribution in [-0.2, 0) is 13.1 Å². The van der Waals surface area contributed by atoms with Crippen LogP contribution in [0.2, 0.25) is 0 Å². The summed E-state index contributed by atoms with van der Waals surface area (Å²) in [5, 5.41) is 19.4. The SMILES string of the molecule is S=C1N(Cc2ccc3ccc4cccc5ccc2c3c45)S2=C3[NH+]1CCC[NH+]3C(=S)N2Cc1ccc2ccc3cccc4ccc1c2c34. The highest BCUT2D eigenvalue weighted by molar-refractivity contribution is 8.13. The van der Waals surface area contributed by atoms with E-state index in [1.807, 2.05) is 0 Å². The Kier molecular flexibility index (Phi) is 5.50. The lowest BCUT2D eigenvalue weighted by Gasteiger charge is -2.30. The highest BCUT2D eigenvalue weighted by Crippen LogP contribution is 2.41. The molecule has 7 heteroatoms. The smallest absolute Gasteiger partial charge is 0.236 e. The lowest BCUT2D eigenvalue weighted by molar-refractivity contribution is -0.858. The average Bonchev–Trinajstić information content (AvgIpc) is 3.55. The van der Waals surface area contributed by atoms with Gasteiger partial charge in [-0.15, -0.1) is 0 Å². The predicted molar refractivity (Wildman–Crippen MR) is 205 cm³/mol. The maximum absolute atomic E-state index is 6.36. The second kappa shape index (κ2) is 9.66. The third-order valence-corrected chi connectivity index (χ3v) is 14.3. The summed E-state index contributed by atoms with van der Waals surface area (Å²) >= 11 is 12.7. The molecule has 11 rings (SSSR count). The fourth-order valence-electron chi connectivity index (χ4n) is 8.72. The molecule has 0 spiro atoms. The number of hydrogen-bond acceptors (Lipinski definition) is 2. The highest BCUT2D eigenvalue weighted by atomic mass is 32.2. The average molecular weight is 663 g/mol. The molecule has 0 aliphatic carbocycles. The molecule has 2 atom stereocenters. The Morgan fingerprint density at radius 1 is 0.489 bits per heavy atom. The minimum absolute atomic E-state index is 0.346. The van der Waals surface area contributed by atoms with Crippen LogP contribution in [-0.4, -0.2) is 37.0 Å². The molecule has 8 aromatic carbocycles. The van der Waals surface area contributed by atoms with E-state index in [0.29, 0.717) is 0 Å².